The van der Waals surface area contributed by atoms with Crippen molar-refractivity contribution in [2.24, 2.45) is 0 Å². The van der Waals surface area contributed by atoms with Crippen molar-refractivity contribution in [3.8, 4) is 0 Å². The maximum absolute atomic E-state index is 12.3. The lowest BCUT2D eigenvalue weighted by molar-refractivity contribution is 0.103. The van der Waals surface area contributed by atoms with Crippen molar-refractivity contribution >= 4 is 34.0 Å². The number of anilines is 1. The molecule has 0 radical (unpaired) electrons. The zero-order chi connectivity index (χ0) is 19.0. The fourth-order valence-corrected chi connectivity index (χ4v) is 3.92. The molecule has 0 aliphatic rings. The van der Waals surface area contributed by atoms with Crippen molar-refractivity contribution in [1.29, 1.82) is 0 Å². The number of nitrogens with zero attached hydrogens (tertiary/aromatic N) is 4. The van der Waals surface area contributed by atoms with Gasteiger partial charge in [0.05, 0.1) is 28.1 Å². The Morgan fingerprint density at radius 2 is 2.07 bits per heavy atom. The number of amides is 1. The summed E-state index contributed by atoms with van der Waals surface area (Å²) < 4.78 is 4.17. The molecule has 0 fully saturated rings. The lowest BCUT2D eigenvalue weighted by Crippen LogP contribution is -2.10. The summed E-state index contributed by atoms with van der Waals surface area (Å²) in [5.74, 6) is 0.863. The molecular formula is C20H21N5OS. The van der Waals surface area contributed by atoms with E-state index in [0.717, 1.165) is 40.5 Å². The van der Waals surface area contributed by atoms with Crippen LogP contribution in [0.2, 0.25) is 0 Å². The largest absolute Gasteiger partial charge is 0.327 e. The van der Waals surface area contributed by atoms with Crippen molar-refractivity contribution in [3.63, 3.8) is 0 Å². The fourth-order valence-electron chi connectivity index (χ4n) is 3.30. The number of carbonyl (C=O) groups excluding carboxylic acids is 1. The molecule has 3 heterocycles. The first-order valence-electron chi connectivity index (χ1n) is 8.90. The minimum Gasteiger partial charge on any atom is -0.327 e. The monoisotopic (exact) mass is 379 g/mol. The van der Waals surface area contributed by atoms with E-state index in [4.69, 9.17) is 4.98 Å². The topological polar surface area (TPSA) is 64.7 Å². The minimum atomic E-state index is -0.0952. The average molecular weight is 379 g/mol. The van der Waals surface area contributed by atoms with E-state index in [1.807, 2.05) is 47.3 Å². The third kappa shape index (κ3) is 3.38. The van der Waals surface area contributed by atoms with Crippen molar-refractivity contribution in [2.45, 2.75) is 33.9 Å². The quantitative estimate of drug-likeness (QED) is 0.564. The Balaban J connectivity index is 1.65. The third-order valence-corrected chi connectivity index (χ3v) is 5.41. The summed E-state index contributed by atoms with van der Waals surface area (Å²) in [4.78, 5) is 17.8. The maximum atomic E-state index is 12.3. The smallest absolute Gasteiger partial charge is 0.265 e. The highest BCUT2D eigenvalue weighted by Gasteiger charge is 2.13. The van der Waals surface area contributed by atoms with Gasteiger partial charge in [-0.05, 0) is 56.5 Å². The normalized spacial score (nSPS) is 11.2. The van der Waals surface area contributed by atoms with E-state index in [1.54, 1.807) is 0 Å². The summed E-state index contributed by atoms with van der Waals surface area (Å²) in [6.07, 6.45) is 0. The summed E-state index contributed by atoms with van der Waals surface area (Å²) in [5, 5.41) is 9.39. The highest BCUT2D eigenvalue weighted by atomic mass is 32.1. The van der Waals surface area contributed by atoms with Gasteiger partial charge in [-0.25, -0.2) is 4.98 Å². The number of carbonyl (C=O) groups is 1. The third-order valence-electron chi connectivity index (χ3n) is 4.54. The summed E-state index contributed by atoms with van der Waals surface area (Å²) >= 11 is 1.43. The highest BCUT2D eigenvalue weighted by Crippen LogP contribution is 2.22. The predicted octanol–water partition coefficient (Wildman–Crippen LogP) is 4.23. The van der Waals surface area contributed by atoms with Crippen LogP contribution in [0.4, 0.5) is 5.69 Å². The van der Waals surface area contributed by atoms with Gasteiger partial charge in [0.25, 0.3) is 5.91 Å². The van der Waals surface area contributed by atoms with Gasteiger partial charge in [-0.2, -0.15) is 5.10 Å². The van der Waals surface area contributed by atoms with E-state index >= 15 is 0 Å². The van der Waals surface area contributed by atoms with Crippen molar-refractivity contribution in [3.05, 3.63) is 63.9 Å². The van der Waals surface area contributed by atoms with Gasteiger partial charge in [-0.1, -0.05) is 6.07 Å². The molecule has 0 saturated carbocycles. The molecule has 6 nitrogen and oxygen atoms in total. The first-order valence-corrected chi connectivity index (χ1v) is 9.78. The molecule has 0 aliphatic heterocycles. The molecule has 0 bridgehead atoms. The zero-order valence-electron chi connectivity index (χ0n) is 15.6. The number of aromatic nitrogens is 4. The molecule has 138 valence electrons. The van der Waals surface area contributed by atoms with Crippen molar-refractivity contribution < 1.29 is 4.79 Å². The average Bonchev–Trinajstić information content (AvgIpc) is 3.34. The second-order valence-corrected chi connectivity index (χ2v) is 7.44. The second-order valence-electron chi connectivity index (χ2n) is 6.49. The number of aryl methyl sites for hydroxylation is 3. The molecule has 4 rings (SSSR count). The number of hydrogen-bond donors (Lipinski definition) is 1. The molecule has 0 spiro atoms. The van der Waals surface area contributed by atoms with Gasteiger partial charge in [-0.3, -0.25) is 9.48 Å². The van der Waals surface area contributed by atoms with E-state index in [-0.39, 0.29) is 5.91 Å². The zero-order valence-corrected chi connectivity index (χ0v) is 16.4. The van der Waals surface area contributed by atoms with Crippen LogP contribution < -0.4 is 5.32 Å². The molecule has 0 aliphatic carbocycles. The van der Waals surface area contributed by atoms with Gasteiger partial charge in [0.15, 0.2) is 0 Å². The summed E-state index contributed by atoms with van der Waals surface area (Å²) in [5.41, 5.74) is 4.80. The van der Waals surface area contributed by atoms with E-state index < -0.39 is 0 Å². The van der Waals surface area contributed by atoms with Crippen LogP contribution in [0.1, 0.15) is 33.8 Å². The Hall–Kier alpha value is -2.93. The van der Waals surface area contributed by atoms with Crippen LogP contribution in [0.25, 0.3) is 11.0 Å². The molecule has 3 aromatic heterocycles. The number of thiophene rings is 1. The number of imidazole rings is 1. The van der Waals surface area contributed by atoms with Crippen LogP contribution in [-0.2, 0) is 13.1 Å². The first-order chi connectivity index (χ1) is 13.0. The van der Waals surface area contributed by atoms with Crippen LogP contribution in [0.15, 0.2) is 41.8 Å². The molecule has 1 aromatic carbocycles. The molecule has 1 N–H and O–H groups in total. The Bertz CT molecular complexity index is 1110. The molecule has 7 heteroatoms. The molecule has 0 saturated heterocycles. The van der Waals surface area contributed by atoms with E-state index in [9.17, 15) is 4.79 Å². The Morgan fingerprint density at radius 1 is 1.22 bits per heavy atom. The summed E-state index contributed by atoms with van der Waals surface area (Å²) in [7, 11) is 0. The minimum absolute atomic E-state index is 0.0952. The maximum Gasteiger partial charge on any atom is 0.265 e. The van der Waals surface area contributed by atoms with Gasteiger partial charge in [-0.15, -0.1) is 11.3 Å². The Morgan fingerprint density at radius 3 is 2.74 bits per heavy atom. The SMILES string of the molecule is CCn1c(Cn2nc(C)cc2C)nc2cc(NC(=O)c3cccs3)ccc21. The molecule has 27 heavy (non-hydrogen) atoms. The number of benzene rings is 1. The number of rotatable bonds is 5. The molecule has 0 unspecified atom stereocenters. The van der Waals surface area contributed by atoms with E-state index in [1.165, 1.54) is 11.3 Å². The van der Waals surface area contributed by atoms with Gasteiger partial charge >= 0.3 is 0 Å². The van der Waals surface area contributed by atoms with Crippen LogP contribution in [0.5, 0.6) is 0 Å². The Kier molecular flexibility index (Phi) is 4.53. The van der Waals surface area contributed by atoms with Crippen LogP contribution in [-0.4, -0.2) is 25.2 Å². The Labute approximate surface area is 161 Å². The number of nitrogens with one attached hydrogen (secondary N) is 1. The van der Waals surface area contributed by atoms with Crippen molar-refractivity contribution in [2.75, 3.05) is 5.32 Å². The molecule has 0 atom stereocenters. The standard InChI is InChI=1S/C20H21N5OS/c1-4-24-17-8-7-15(21-20(26)18-6-5-9-27-18)11-16(17)22-19(24)12-25-14(3)10-13(2)23-25/h5-11H,4,12H2,1-3H3,(H,21,26). The first kappa shape index (κ1) is 17.5. The van der Waals surface area contributed by atoms with Crippen LogP contribution in [0.3, 0.4) is 0 Å². The van der Waals surface area contributed by atoms with E-state index in [0.29, 0.717) is 11.4 Å². The van der Waals surface area contributed by atoms with Gasteiger partial charge < -0.3 is 9.88 Å². The van der Waals surface area contributed by atoms with Gasteiger partial charge in [0.2, 0.25) is 0 Å². The summed E-state index contributed by atoms with van der Waals surface area (Å²) in [6, 6.07) is 11.6. The van der Waals surface area contributed by atoms with Gasteiger partial charge in [0, 0.05) is 17.9 Å². The van der Waals surface area contributed by atoms with Crippen LogP contribution >= 0.6 is 11.3 Å². The second kappa shape index (κ2) is 7.00. The highest BCUT2D eigenvalue weighted by molar-refractivity contribution is 7.12. The molecule has 4 aromatic rings. The molecule has 1 amide bonds. The van der Waals surface area contributed by atoms with Crippen LogP contribution in [0, 0.1) is 13.8 Å². The lowest BCUT2D eigenvalue weighted by atomic mass is 10.2. The summed E-state index contributed by atoms with van der Waals surface area (Å²) in [6.45, 7) is 7.61. The predicted molar refractivity (Wildman–Crippen MR) is 108 cm³/mol. The lowest BCUT2D eigenvalue weighted by Gasteiger charge is -2.08. The van der Waals surface area contributed by atoms with E-state index in [2.05, 4.69) is 34.9 Å². The fraction of sp³-hybridized carbons (Fsp3) is 0.250. The molecular weight excluding hydrogens is 358 g/mol. The number of hydrogen-bond acceptors (Lipinski definition) is 4. The van der Waals surface area contributed by atoms with Crippen molar-refractivity contribution in [1.82, 2.24) is 19.3 Å². The number of fused-ring (bicyclic) bond motifs is 1. The van der Waals surface area contributed by atoms with Gasteiger partial charge in [0.1, 0.15) is 5.82 Å².